The van der Waals surface area contributed by atoms with Gasteiger partial charge in [-0.1, -0.05) is 17.7 Å². The van der Waals surface area contributed by atoms with E-state index in [1.165, 1.54) is 12.5 Å². The lowest BCUT2D eigenvalue weighted by atomic mass is 9.95. The monoisotopic (exact) mass is 242 g/mol. The van der Waals surface area contributed by atoms with Gasteiger partial charge in [0.25, 0.3) is 0 Å². The van der Waals surface area contributed by atoms with Crippen LogP contribution in [0.1, 0.15) is 27.0 Å². The van der Waals surface area contributed by atoms with Crippen molar-refractivity contribution >= 4 is 5.97 Å². The summed E-state index contributed by atoms with van der Waals surface area (Å²) < 4.78 is 0. The number of hydrogen-bond donors (Lipinski definition) is 1. The Bertz CT molecular complexity index is 598. The SMILES string of the molecule is Cc1cc(C)c(-c2ncncc2C(=O)O)c(C)c1. The molecule has 4 heteroatoms. The standard InChI is InChI=1S/C14H14N2O2/c1-8-4-9(2)12(10(3)5-8)13-11(14(17)18)6-15-7-16-13/h4-7H,1-3H3,(H,17,18). The summed E-state index contributed by atoms with van der Waals surface area (Å²) in [5.74, 6) is -1.01. The van der Waals surface area contributed by atoms with E-state index in [1.54, 1.807) is 0 Å². The van der Waals surface area contributed by atoms with Crippen molar-refractivity contribution in [3.05, 3.63) is 46.9 Å². The molecule has 2 rings (SSSR count). The molecule has 0 saturated heterocycles. The topological polar surface area (TPSA) is 63.1 Å². The molecule has 0 atom stereocenters. The molecule has 1 N–H and O–H groups in total. The van der Waals surface area contributed by atoms with E-state index in [0.717, 1.165) is 22.3 Å². The highest BCUT2D eigenvalue weighted by atomic mass is 16.4. The van der Waals surface area contributed by atoms with Crippen LogP contribution in [0.5, 0.6) is 0 Å². The molecule has 0 fully saturated rings. The molecular formula is C14H14N2O2. The summed E-state index contributed by atoms with van der Waals surface area (Å²) in [6.45, 7) is 5.94. The average Bonchev–Trinajstić information content (AvgIpc) is 2.28. The number of carboxylic acids is 1. The lowest BCUT2D eigenvalue weighted by Gasteiger charge is -2.12. The molecule has 0 radical (unpaired) electrons. The van der Waals surface area contributed by atoms with Gasteiger partial charge in [-0.15, -0.1) is 0 Å². The molecule has 1 aromatic heterocycles. The molecule has 0 amide bonds. The largest absolute Gasteiger partial charge is 0.478 e. The van der Waals surface area contributed by atoms with Crippen molar-refractivity contribution in [2.75, 3.05) is 0 Å². The normalized spacial score (nSPS) is 10.4. The second-order valence-corrected chi connectivity index (χ2v) is 4.36. The predicted octanol–water partition coefficient (Wildman–Crippen LogP) is 2.77. The summed E-state index contributed by atoms with van der Waals surface area (Å²) in [5.41, 5.74) is 4.68. The minimum Gasteiger partial charge on any atom is -0.478 e. The van der Waals surface area contributed by atoms with E-state index < -0.39 is 5.97 Å². The molecule has 18 heavy (non-hydrogen) atoms. The molecule has 92 valence electrons. The number of carboxylic acid groups (broad SMARTS) is 1. The van der Waals surface area contributed by atoms with E-state index in [2.05, 4.69) is 9.97 Å². The number of nitrogens with zero attached hydrogens (tertiary/aromatic N) is 2. The van der Waals surface area contributed by atoms with Crippen molar-refractivity contribution in [2.45, 2.75) is 20.8 Å². The second kappa shape index (κ2) is 4.56. The highest BCUT2D eigenvalue weighted by Crippen LogP contribution is 2.28. The van der Waals surface area contributed by atoms with Gasteiger partial charge in [-0.3, -0.25) is 0 Å². The van der Waals surface area contributed by atoms with Gasteiger partial charge in [0, 0.05) is 11.8 Å². The molecular weight excluding hydrogens is 228 g/mol. The summed E-state index contributed by atoms with van der Waals surface area (Å²) in [4.78, 5) is 19.1. The fraction of sp³-hybridized carbons (Fsp3) is 0.214. The molecule has 0 unspecified atom stereocenters. The van der Waals surface area contributed by atoms with Crippen LogP contribution in [0.25, 0.3) is 11.3 Å². The Morgan fingerprint density at radius 3 is 2.33 bits per heavy atom. The zero-order chi connectivity index (χ0) is 13.3. The average molecular weight is 242 g/mol. The minimum atomic E-state index is -1.01. The van der Waals surface area contributed by atoms with Crippen molar-refractivity contribution in [2.24, 2.45) is 0 Å². The van der Waals surface area contributed by atoms with Crippen LogP contribution in [0.15, 0.2) is 24.7 Å². The number of benzene rings is 1. The molecule has 0 spiro atoms. The summed E-state index contributed by atoms with van der Waals surface area (Å²) in [5, 5.41) is 9.18. The molecule has 2 aromatic rings. The van der Waals surface area contributed by atoms with E-state index in [9.17, 15) is 9.90 Å². The van der Waals surface area contributed by atoms with Gasteiger partial charge in [-0.05, 0) is 31.9 Å². The fourth-order valence-electron chi connectivity index (χ4n) is 2.24. The predicted molar refractivity (Wildman–Crippen MR) is 68.6 cm³/mol. The Labute approximate surface area is 105 Å². The Morgan fingerprint density at radius 2 is 1.78 bits per heavy atom. The van der Waals surface area contributed by atoms with Crippen molar-refractivity contribution in [1.29, 1.82) is 0 Å². The number of hydrogen-bond acceptors (Lipinski definition) is 3. The third-order valence-electron chi connectivity index (χ3n) is 2.86. The van der Waals surface area contributed by atoms with Gasteiger partial charge >= 0.3 is 5.97 Å². The summed E-state index contributed by atoms with van der Waals surface area (Å²) in [6.07, 6.45) is 2.71. The van der Waals surface area contributed by atoms with Crippen molar-refractivity contribution in [3.63, 3.8) is 0 Å². The number of rotatable bonds is 2. The Balaban J connectivity index is 2.74. The second-order valence-electron chi connectivity index (χ2n) is 4.36. The Morgan fingerprint density at radius 1 is 1.17 bits per heavy atom. The van der Waals surface area contributed by atoms with Crippen molar-refractivity contribution < 1.29 is 9.90 Å². The molecule has 1 heterocycles. The molecule has 0 aliphatic carbocycles. The quantitative estimate of drug-likeness (QED) is 0.879. The zero-order valence-corrected chi connectivity index (χ0v) is 10.6. The van der Waals surface area contributed by atoms with Crippen LogP contribution >= 0.6 is 0 Å². The Hall–Kier alpha value is -2.23. The van der Waals surface area contributed by atoms with Gasteiger partial charge < -0.3 is 5.11 Å². The van der Waals surface area contributed by atoms with Gasteiger partial charge in [0.15, 0.2) is 0 Å². The van der Waals surface area contributed by atoms with E-state index >= 15 is 0 Å². The summed E-state index contributed by atoms with van der Waals surface area (Å²) in [6, 6.07) is 4.05. The molecule has 0 bridgehead atoms. The summed E-state index contributed by atoms with van der Waals surface area (Å²) >= 11 is 0. The van der Waals surface area contributed by atoms with Crippen LogP contribution in [0.2, 0.25) is 0 Å². The first kappa shape index (κ1) is 12.2. The van der Waals surface area contributed by atoms with Crippen LogP contribution in [0.4, 0.5) is 0 Å². The smallest absolute Gasteiger partial charge is 0.339 e. The highest BCUT2D eigenvalue weighted by Gasteiger charge is 2.16. The number of aromatic nitrogens is 2. The first-order valence-corrected chi connectivity index (χ1v) is 5.62. The molecule has 0 aliphatic rings. The van der Waals surface area contributed by atoms with Crippen LogP contribution in [-0.4, -0.2) is 21.0 Å². The third-order valence-corrected chi connectivity index (χ3v) is 2.86. The van der Waals surface area contributed by atoms with E-state index in [0.29, 0.717) is 5.69 Å². The lowest BCUT2D eigenvalue weighted by molar-refractivity contribution is 0.0697. The zero-order valence-electron chi connectivity index (χ0n) is 10.6. The number of aromatic carboxylic acids is 1. The van der Waals surface area contributed by atoms with Crippen LogP contribution in [0, 0.1) is 20.8 Å². The molecule has 0 saturated carbocycles. The van der Waals surface area contributed by atoms with Crippen molar-refractivity contribution in [3.8, 4) is 11.3 Å². The maximum Gasteiger partial charge on any atom is 0.339 e. The lowest BCUT2D eigenvalue weighted by Crippen LogP contribution is -2.04. The molecule has 0 aliphatic heterocycles. The minimum absolute atomic E-state index is 0.132. The Kier molecular flexibility index (Phi) is 3.10. The highest BCUT2D eigenvalue weighted by molar-refractivity contribution is 5.95. The maximum atomic E-state index is 11.2. The van der Waals surface area contributed by atoms with Gasteiger partial charge in [-0.25, -0.2) is 14.8 Å². The van der Waals surface area contributed by atoms with Crippen LogP contribution in [-0.2, 0) is 0 Å². The first-order chi connectivity index (χ1) is 8.50. The van der Waals surface area contributed by atoms with Crippen molar-refractivity contribution in [1.82, 2.24) is 9.97 Å². The van der Waals surface area contributed by atoms with Gasteiger partial charge in [0.05, 0.1) is 5.69 Å². The fourth-order valence-corrected chi connectivity index (χ4v) is 2.24. The van der Waals surface area contributed by atoms with Crippen LogP contribution < -0.4 is 0 Å². The summed E-state index contributed by atoms with van der Waals surface area (Å²) in [7, 11) is 0. The van der Waals surface area contributed by atoms with E-state index in [4.69, 9.17) is 0 Å². The molecule has 4 nitrogen and oxygen atoms in total. The van der Waals surface area contributed by atoms with E-state index in [1.807, 2.05) is 32.9 Å². The maximum absolute atomic E-state index is 11.2. The number of aryl methyl sites for hydroxylation is 3. The van der Waals surface area contributed by atoms with Gasteiger partial charge in [-0.2, -0.15) is 0 Å². The van der Waals surface area contributed by atoms with Crippen LogP contribution in [0.3, 0.4) is 0 Å². The van der Waals surface area contributed by atoms with Gasteiger partial charge in [0.2, 0.25) is 0 Å². The van der Waals surface area contributed by atoms with Gasteiger partial charge in [0.1, 0.15) is 11.9 Å². The molecule has 1 aromatic carbocycles. The van der Waals surface area contributed by atoms with E-state index in [-0.39, 0.29) is 5.56 Å². The third kappa shape index (κ3) is 2.09. The first-order valence-electron chi connectivity index (χ1n) is 5.62. The number of carbonyl (C=O) groups is 1.